The number of phenolic OH excluding ortho intramolecular Hbond substituents is 1. The second kappa shape index (κ2) is 8.89. The molecule has 0 saturated carbocycles. The zero-order chi connectivity index (χ0) is 23.9. The fourth-order valence-corrected chi connectivity index (χ4v) is 5.30. The SMILES string of the molecule is CC1=CCN(C2=C(F)C=C(c3ccccc3O)CC2(Cl)c2ccnc(N3CCNCC3)c2)C1=O. The normalized spacial score (nSPS) is 23.3. The molecule has 1 aromatic heterocycles. The van der Waals surface area contributed by atoms with E-state index in [0.29, 0.717) is 22.3 Å². The third kappa shape index (κ3) is 3.89. The van der Waals surface area contributed by atoms with Crippen molar-refractivity contribution in [2.24, 2.45) is 0 Å². The number of para-hydroxylation sites is 1. The van der Waals surface area contributed by atoms with Crippen LogP contribution in [0, 0.1) is 0 Å². The Hall–Kier alpha value is -3.16. The molecule has 1 amide bonds. The minimum atomic E-state index is -1.36. The van der Waals surface area contributed by atoms with Crippen molar-refractivity contribution in [1.29, 1.82) is 0 Å². The molecule has 2 N–H and O–H groups in total. The van der Waals surface area contributed by atoms with Gasteiger partial charge >= 0.3 is 0 Å². The molecule has 2 aliphatic heterocycles. The van der Waals surface area contributed by atoms with Crippen molar-refractivity contribution in [3.05, 3.63) is 83.0 Å². The summed E-state index contributed by atoms with van der Waals surface area (Å²) in [4.78, 5) is 19.6. The first-order valence-corrected chi connectivity index (χ1v) is 11.8. The van der Waals surface area contributed by atoms with E-state index >= 15 is 4.39 Å². The quantitative estimate of drug-likeness (QED) is 0.645. The van der Waals surface area contributed by atoms with Crippen LogP contribution in [0.1, 0.15) is 24.5 Å². The number of amides is 1. The molecule has 1 fully saturated rings. The predicted molar refractivity (Wildman–Crippen MR) is 131 cm³/mol. The number of nitrogens with one attached hydrogen (secondary N) is 1. The van der Waals surface area contributed by atoms with Gasteiger partial charge in [0.25, 0.3) is 5.91 Å². The fourth-order valence-electron chi connectivity index (χ4n) is 4.84. The van der Waals surface area contributed by atoms with E-state index in [0.717, 1.165) is 32.0 Å². The molecule has 0 spiro atoms. The van der Waals surface area contributed by atoms with Gasteiger partial charge < -0.3 is 20.2 Å². The van der Waals surface area contributed by atoms with Crippen LogP contribution in [0.15, 0.2) is 71.8 Å². The number of piperazine rings is 1. The Labute approximate surface area is 203 Å². The number of hydrogen-bond acceptors (Lipinski definition) is 5. The zero-order valence-corrected chi connectivity index (χ0v) is 19.6. The number of phenols is 1. The monoisotopic (exact) mass is 480 g/mol. The van der Waals surface area contributed by atoms with Crippen LogP contribution in [0.5, 0.6) is 5.75 Å². The maximum Gasteiger partial charge on any atom is 0.253 e. The van der Waals surface area contributed by atoms with Crippen molar-refractivity contribution in [3.8, 4) is 5.75 Å². The molecular formula is C26H26ClFN4O2. The van der Waals surface area contributed by atoms with Gasteiger partial charge in [0.05, 0.1) is 5.70 Å². The number of carbonyl (C=O) groups is 1. The van der Waals surface area contributed by atoms with Gasteiger partial charge in [-0.25, -0.2) is 9.37 Å². The van der Waals surface area contributed by atoms with Gasteiger partial charge in [0, 0.05) is 56.5 Å². The summed E-state index contributed by atoms with van der Waals surface area (Å²) in [5.74, 6) is -0.0306. The molecule has 1 atom stereocenters. The second-order valence-corrected chi connectivity index (χ2v) is 9.45. The van der Waals surface area contributed by atoms with Crippen molar-refractivity contribution in [1.82, 2.24) is 15.2 Å². The predicted octanol–water partition coefficient (Wildman–Crippen LogP) is 4.09. The van der Waals surface area contributed by atoms with Crippen LogP contribution in [0.4, 0.5) is 10.2 Å². The lowest BCUT2D eigenvalue weighted by Gasteiger charge is -2.39. The summed E-state index contributed by atoms with van der Waals surface area (Å²) < 4.78 is 15.9. The molecule has 6 nitrogen and oxygen atoms in total. The van der Waals surface area contributed by atoms with E-state index in [-0.39, 0.29) is 30.3 Å². The molecule has 0 bridgehead atoms. The maximum atomic E-state index is 15.9. The summed E-state index contributed by atoms with van der Waals surface area (Å²) in [6.45, 7) is 5.30. The summed E-state index contributed by atoms with van der Waals surface area (Å²) in [6.07, 6.45) is 5.04. The van der Waals surface area contributed by atoms with Crippen molar-refractivity contribution >= 4 is 28.9 Å². The molecule has 1 unspecified atom stereocenters. The lowest BCUT2D eigenvalue weighted by Crippen LogP contribution is -2.44. The van der Waals surface area contributed by atoms with Gasteiger partial charge in [-0.15, -0.1) is 11.6 Å². The second-order valence-electron chi connectivity index (χ2n) is 8.80. The summed E-state index contributed by atoms with van der Waals surface area (Å²) in [5.41, 5.74) is 2.42. The number of aromatic hydroxyl groups is 1. The van der Waals surface area contributed by atoms with Gasteiger partial charge in [-0.05, 0) is 42.3 Å². The van der Waals surface area contributed by atoms with Crippen LogP contribution in [0.2, 0.25) is 0 Å². The zero-order valence-electron chi connectivity index (χ0n) is 18.9. The van der Waals surface area contributed by atoms with Gasteiger partial charge in [0.15, 0.2) is 0 Å². The number of benzene rings is 1. The van der Waals surface area contributed by atoms with Crippen LogP contribution in [0.25, 0.3) is 5.57 Å². The first-order valence-electron chi connectivity index (χ1n) is 11.4. The minimum Gasteiger partial charge on any atom is -0.507 e. The van der Waals surface area contributed by atoms with Crippen molar-refractivity contribution in [3.63, 3.8) is 0 Å². The first-order chi connectivity index (χ1) is 16.4. The largest absolute Gasteiger partial charge is 0.507 e. The van der Waals surface area contributed by atoms with E-state index < -0.39 is 10.7 Å². The topological polar surface area (TPSA) is 68.7 Å². The van der Waals surface area contributed by atoms with Gasteiger partial charge in [-0.3, -0.25) is 4.79 Å². The van der Waals surface area contributed by atoms with Gasteiger partial charge in [-0.2, -0.15) is 0 Å². The van der Waals surface area contributed by atoms with Crippen LogP contribution >= 0.6 is 11.6 Å². The van der Waals surface area contributed by atoms with Crippen LogP contribution in [-0.4, -0.2) is 53.6 Å². The van der Waals surface area contributed by atoms with Gasteiger partial charge in [0.1, 0.15) is 22.3 Å². The number of anilines is 1. The highest BCUT2D eigenvalue weighted by Crippen LogP contribution is 2.52. The maximum absolute atomic E-state index is 15.9. The highest BCUT2D eigenvalue weighted by molar-refractivity contribution is 6.27. The Morgan fingerprint density at radius 1 is 1.21 bits per heavy atom. The summed E-state index contributed by atoms with van der Waals surface area (Å²) in [6, 6.07) is 10.5. The molecule has 1 saturated heterocycles. The highest BCUT2D eigenvalue weighted by atomic mass is 35.5. The number of alkyl halides is 1. The molecule has 2 aromatic rings. The molecule has 3 aliphatic rings. The average Bonchev–Trinajstić information content (AvgIpc) is 3.17. The Kier molecular flexibility index (Phi) is 5.91. The molecular weight excluding hydrogens is 455 g/mol. The number of halogens is 2. The Balaban J connectivity index is 1.63. The number of allylic oxidation sites excluding steroid dienone is 4. The van der Waals surface area contributed by atoms with Crippen molar-refractivity contribution < 1.29 is 14.3 Å². The number of carbonyl (C=O) groups excluding carboxylic acids is 1. The van der Waals surface area contributed by atoms with E-state index in [1.54, 1.807) is 49.5 Å². The molecule has 34 heavy (non-hydrogen) atoms. The van der Waals surface area contributed by atoms with Crippen LogP contribution in [-0.2, 0) is 9.67 Å². The first kappa shape index (κ1) is 22.6. The van der Waals surface area contributed by atoms with E-state index in [9.17, 15) is 9.90 Å². The lowest BCUT2D eigenvalue weighted by atomic mass is 9.81. The standard InChI is InChI=1S/C26H26ClFN4O2/c1-17-7-11-32(25(17)34)24-21(28)14-18(20-4-2-3-5-22(20)33)16-26(24,27)19-6-8-30-23(15-19)31-12-9-29-10-13-31/h2-8,14-15,29,33H,9-13,16H2,1H3. The van der Waals surface area contributed by atoms with E-state index in [4.69, 9.17) is 11.6 Å². The number of aromatic nitrogens is 1. The summed E-state index contributed by atoms with van der Waals surface area (Å²) in [5, 5.41) is 13.8. The van der Waals surface area contributed by atoms with Crippen LogP contribution < -0.4 is 10.2 Å². The Morgan fingerprint density at radius 2 is 1.97 bits per heavy atom. The summed E-state index contributed by atoms with van der Waals surface area (Å²) >= 11 is 7.37. The average molecular weight is 481 g/mol. The Bertz CT molecular complexity index is 1230. The number of nitrogens with zero attached hydrogens (tertiary/aromatic N) is 3. The molecule has 8 heteroatoms. The van der Waals surface area contributed by atoms with E-state index in [1.165, 1.54) is 11.0 Å². The smallest absolute Gasteiger partial charge is 0.253 e. The minimum absolute atomic E-state index is 0.0509. The molecule has 3 heterocycles. The number of pyridine rings is 1. The molecule has 176 valence electrons. The highest BCUT2D eigenvalue weighted by Gasteiger charge is 2.46. The molecule has 0 radical (unpaired) electrons. The fraction of sp³-hybridized carbons (Fsp3) is 0.308. The van der Waals surface area contributed by atoms with E-state index in [2.05, 4.69) is 15.2 Å². The van der Waals surface area contributed by atoms with Crippen molar-refractivity contribution in [2.75, 3.05) is 37.6 Å². The number of rotatable bonds is 4. The molecule has 1 aromatic carbocycles. The van der Waals surface area contributed by atoms with Crippen LogP contribution in [0.3, 0.4) is 0 Å². The van der Waals surface area contributed by atoms with Gasteiger partial charge in [0.2, 0.25) is 0 Å². The molecule has 5 rings (SSSR count). The molecule has 1 aliphatic carbocycles. The third-order valence-corrected chi connectivity index (χ3v) is 7.19. The lowest BCUT2D eigenvalue weighted by molar-refractivity contribution is -0.124. The third-order valence-electron chi connectivity index (χ3n) is 6.66. The summed E-state index contributed by atoms with van der Waals surface area (Å²) in [7, 11) is 0. The van der Waals surface area contributed by atoms with Crippen molar-refractivity contribution in [2.45, 2.75) is 18.2 Å². The van der Waals surface area contributed by atoms with E-state index in [1.807, 2.05) is 6.07 Å². The Morgan fingerprint density at radius 3 is 2.68 bits per heavy atom. The number of hydrogen-bond donors (Lipinski definition) is 2. The van der Waals surface area contributed by atoms with Gasteiger partial charge in [-0.1, -0.05) is 24.3 Å².